The number of aromatic nitrogens is 1. The van der Waals surface area contributed by atoms with Gasteiger partial charge in [0.2, 0.25) is 5.88 Å². The van der Waals surface area contributed by atoms with Gasteiger partial charge in [-0.05, 0) is 42.7 Å². The lowest BCUT2D eigenvalue weighted by Gasteiger charge is -2.26. The van der Waals surface area contributed by atoms with E-state index in [0.29, 0.717) is 0 Å². The molecule has 0 spiro atoms. The van der Waals surface area contributed by atoms with Gasteiger partial charge in [-0.15, -0.1) is 0 Å². The molecule has 2 saturated carbocycles. The Morgan fingerprint density at radius 2 is 1.89 bits per heavy atom. The maximum Gasteiger partial charge on any atom is 0.271 e. The summed E-state index contributed by atoms with van der Waals surface area (Å²) in [7, 11) is 0. The second-order valence-electron chi connectivity index (χ2n) is 8.42. The molecule has 3 rings (SSSR count). The quantitative estimate of drug-likeness (QED) is 0.690. The second kappa shape index (κ2) is 7.57. The van der Waals surface area contributed by atoms with E-state index in [4.69, 9.17) is 23.2 Å². The lowest BCUT2D eigenvalue weighted by molar-refractivity contribution is 0.0945. The summed E-state index contributed by atoms with van der Waals surface area (Å²) in [4.78, 5) is 26.2. The van der Waals surface area contributed by atoms with Gasteiger partial charge in [-0.1, -0.05) is 56.3 Å². The molecular formula is C21H24Cl2N2O3. The number of rotatable bonds is 4. The highest BCUT2D eigenvalue weighted by molar-refractivity contribution is 6.55. The highest BCUT2D eigenvalue weighted by Crippen LogP contribution is 2.61. The van der Waals surface area contributed by atoms with Crippen LogP contribution in [0.25, 0.3) is 0 Å². The molecule has 0 bridgehead atoms. The normalized spacial score (nSPS) is 23.7. The zero-order valence-corrected chi connectivity index (χ0v) is 17.8. The predicted molar refractivity (Wildman–Crippen MR) is 109 cm³/mol. The van der Waals surface area contributed by atoms with Crippen molar-refractivity contribution in [3.63, 3.8) is 0 Å². The van der Waals surface area contributed by atoms with E-state index in [9.17, 15) is 20.0 Å². The summed E-state index contributed by atoms with van der Waals surface area (Å²) in [6.07, 6.45) is 6.12. The van der Waals surface area contributed by atoms with Gasteiger partial charge >= 0.3 is 0 Å². The molecule has 1 N–H and O–H groups in total. The fraction of sp³-hybridized carbons (Fsp3) is 0.571. The third kappa shape index (κ3) is 3.38. The zero-order valence-electron chi connectivity index (χ0n) is 16.3. The Bertz CT molecular complexity index is 946. The largest absolute Gasteiger partial charge is 0.494 e. The van der Waals surface area contributed by atoms with Crippen LogP contribution in [-0.4, -0.2) is 15.5 Å². The van der Waals surface area contributed by atoms with Gasteiger partial charge in [-0.2, -0.15) is 5.26 Å². The van der Waals surface area contributed by atoms with E-state index in [-0.39, 0.29) is 50.2 Å². The van der Waals surface area contributed by atoms with E-state index in [2.05, 4.69) is 0 Å². The molecule has 0 radical (unpaired) electrons. The standard InChI is InChI=1S/C21H24Cl2N2O3/c1-11-13(10-24)19(27)25(12-7-5-4-6-8-12)20(28)16(11)18(26)17-14(9-15(22)23)21(17,2)3/h9,12,14,17,28H,4-8H2,1-3H3. The molecule has 28 heavy (non-hydrogen) atoms. The number of hydrogen-bond acceptors (Lipinski definition) is 4. The van der Waals surface area contributed by atoms with E-state index in [1.54, 1.807) is 13.0 Å². The van der Waals surface area contributed by atoms with Gasteiger partial charge in [0, 0.05) is 12.0 Å². The van der Waals surface area contributed by atoms with Crippen LogP contribution in [0.1, 0.15) is 73.5 Å². The summed E-state index contributed by atoms with van der Waals surface area (Å²) in [6, 6.07) is 1.74. The molecule has 1 aromatic heterocycles. The minimum Gasteiger partial charge on any atom is -0.494 e. The number of pyridine rings is 1. The third-order valence-electron chi connectivity index (χ3n) is 6.43. The molecule has 2 aliphatic carbocycles. The van der Waals surface area contributed by atoms with Gasteiger partial charge in [0.05, 0.1) is 5.56 Å². The molecule has 1 aromatic rings. The van der Waals surface area contributed by atoms with Crippen LogP contribution < -0.4 is 5.56 Å². The van der Waals surface area contributed by atoms with Crippen molar-refractivity contribution >= 4 is 29.0 Å². The average molecular weight is 423 g/mol. The number of carbonyl (C=O) groups excluding carboxylic acids is 1. The van der Waals surface area contributed by atoms with Crippen molar-refractivity contribution in [3.8, 4) is 11.9 Å². The van der Waals surface area contributed by atoms with Crippen LogP contribution in [0.4, 0.5) is 0 Å². The van der Waals surface area contributed by atoms with Crippen molar-refractivity contribution in [3.05, 3.63) is 37.6 Å². The van der Waals surface area contributed by atoms with Gasteiger partial charge in [0.25, 0.3) is 5.56 Å². The molecule has 150 valence electrons. The Labute approximate surface area is 174 Å². The lowest BCUT2D eigenvalue weighted by Crippen LogP contribution is -2.31. The van der Waals surface area contributed by atoms with Crippen LogP contribution in [0.3, 0.4) is 0 Å². The number of ketones is 1. The fourth-order valence-corrected chi connectivity index (χ4v) is 4.95. The van der Waals surface area contributed by atoms with Crippen molar-refractivity contribution in [2.75, 3.05) is 0 Å². The SMILES string of the molecule is Cc1c(C(=O)C2C(C=C(Cl)Cl)C2(C)C)c(O)n(C2CCCCC2)c(=O)c1C#N. The maximum absolute atomic E-state index is 13.4. The molecule has 0 aliphatic heterocycles. The maximum atomic E-state index is 13.4. The third-order valence-corrected chi connectivity index (χ3v) is 6.68. The Balaban J connectivity index is 2.14. The number of Topliss-reactive ketones (excluding diaryl/α,β-unsaturated/α-hetero) is 1. The smallest absolute Gasteiger partial charge is 0.271 e. The Hall–Kier alpha value is -1.77. The minimum absolute atomic E-state index is 0.0707. The monoisotopic (exact) mass is 422 g/mol. The summed E-state index contributed by atoms with van der Waals surface area (Å²) in [5.74, 6) is -1.18. The number of allylic oxidation sites excluding steroid dienone is 1. The lowest BCUT2D eigenvalue weighted by atomic mass is 9.92. The van der Waals surface area contributed by atoms with Crippen LogP contribution in [0.2, 0.25) is 0 Å². The summed E-state index contributed by atoms with van der Waals surface area (Å²) < 4.78 is 1.37. The molecule has 2 fully saturated rings. The summed E-state index contributed by atoms with van der Waals surface area (Å²) >= 11 is 11.6. The van der Waals surface area contributed by atoms with E-state index in [1.807, 2.05) is 19.9 Å². The summed E-state index contributed by atoms with van der Waals surface area (Å²) in [6.45, 7) is 5.41. The van der Waals surface area contributed by atoms with Crippen LogP contribution in [0, 0.1) is 35.5 Å². The van der Waals surface area contributed by atoms with Crippen LogP contribution in [-0.2, 0) is 0 Å². The number of carbonyl (C=O) groups is 1. The van der Waals surface area contributed by atoms with E-state index in [1.165, 1.54) is 4.57 Å². The first kappa shape index (κ1) is 21.0. The molecule has 5 nitrogen and oxygen atoms in total. The number of hydrogen-bond donors (Lipinski definition) is 1. The zero-order chi connectivity index (χ0) is 20.8. The Morgan fingerprint density at radius 3 is 2.43 bits per heavy atom. The predicted octanol–water partition coefficient (Wildman–Crippen LogP) is 5.01. The summed E-state index contributed by atoms with van der Waals surface area (Å²) in [5, 5.41) is 20.5. The first-order valence-corrected chi connectivity index (χ1v) is 10.3. The Kier molecular flexibility index (Phi) is 5.67. The van der Waals surface area contributed by atoms with Crippen molar-refractivity contribution in [2.45, 2.75) is 58.9 Å². The molecule has 7 heteroatoms. The molecular weight excluding hydrogens is 399 g/mol. The number of aromatic hydroxyl groups is 1. The number of halogens is 2. The van der Waals surface area contributed by atoms with Crippen LogP contribution in [0.15, 0.2) is 15.4 Å². The summed E-state index contributed by atoms with van der Waals surface area (Å²) in [5.41, 5.74) is -0.654. The van der Waals surface area contributed by atoms with Gasteiger partial charge < -0.3 is 5.11 Å². The fourth-order valence-electron chi connectivity index (χ4n) is 4.68. The first-order chi connectivity index (χ1) is 13.1. The van der Waals surface area contributed by atoms with Crippen molar-refractivity contribution in [1.29, 1.82) is 5.26 Å². The van der Waals surface area contributed by atoms with E-state index in [0.717, 1.165) is 32.1 Å². The van der Waals surface area contributed by atoms with E-state index < -0.39 is 11.5 Å². The molecule has 2 unspecified atom stereocenters. The molecule has 0 aromatic carbocycles. The number of nitriles is 1. The second-order valence-corrected chi connectivity index (χ2v) is 9.43. The number of nitrogens with zero attached hydrogens (tertiary/aromatic N) is 2. The molecule has 0 amide bonds. The van der Waals surface area contributed by atoms with Crippen LogP contribution >= 0.6 is 23.2 Å². The van der Waals surface area contributed by atoms with Crippen LogP contribution in [0.5, 0.6) is 5.88 Å². The van der Waals surface area contributed by atoms with Gasteiger partial charge in [0.15, 0.2) is 5.78 Å². The van der Waals surface area contributed by atoms with Gasteiger partial charge in [-0.3, -0.25) is 14.2 Å². The van der Waals surface area contributed by atoms with Crippen molar-refractivity contribution in [1.82, 2.24) is 4.57 Å². The highest BCUT2D eigenvalue weighted by Gasteiger charge is 2.61. The van der Waals surface area contributed by atoms with E-state index >= 15 is 0 Å². The Morgan fingerprint density at radius 1 is 1.29 bits per heavy atom. The molecule has 2 atom stereocenters. The highest BCUT2D eigenvalue weighted by atomic mass is 35.5. The first-order valence-electron chi connectivity index (χ1n) is 9.58. The van der Waals surface area contributed by atoms with Gasteiger partial charge in [0.1, 0.15) is 16.1 Å². The molecule has 1 heterocycles. The van der Waals surface area contributed by atoms with Crippen molar-refractivity contribution in [2.24, 2.45) is 17.3 Å². The average Bonchev–Trinajstić information content (AvgIpc) is 3.15. The minimum atomic E-state index is -0.517. The topological polar surface area (TPSA) is 83.1 Å². The van der Waals surface area contributed by atoms with Gasteiger partial charge in [-0.25, -0.2) is 0 Å². The molecule has 0 saturated heterocycles. The molecule has 2 aliphatic rings. The van der Waals surface area contributed by atoms with Crippen molar-refractivity contribution < 1.29 is 9.90 Å².